The first-order chi connectivity index (χ1) is 6.00. The van der Waals surface area contributed by atoms with E-state index in [2.05, 4.69) is 38.9 Å². The second-order valence-electron chi connectivity index (χ2n) is 5.07. The number of nitrogens with zero attached hydrogens (tertiary/aromatic N) is 1. The minimum atomic E-state index is 0.261. The summed E-state index contributed by atoms with van der Waals surface area (Å²) in [4.78, 5) is 4.33. The van der Waals surface area contributed by atoms with Crippen LogP contribution in [0.4, 0.5) is 0 Å². The molecule has 1 aliphatic rings. The van der Waals surface area contributed by atoms with Crippen molar-refractivity contribution >= 4 is 6.21 Å². The topological polar surface area (TPSA) is 12.4 Å². The molecule has 0 radical (unpaired) electrons. The lowest BCUT2D eigenvalue weighted by Crippen LogP contribution is -2.05. The number of hydrogen-bond donors (Lipinski definition) is 0. The van der Waals surface area contributed by atoms with Gasteiger partial charge in [-0.3, -0.25) is 4.99 Å². The van der Waals surface area contributed by atoms with Crippen LogP contribution < -0.4 is 0 Å². The van der Waals surface area contributed by atoms with Gasteiger partial charge in [0.2, 0.25) is 0 Å². The van der Waals surface area contributed by atoms with Crippen molar-refractivity contribution in [3.05, 3.63) is 11.8 Å². The van der Waals surface area contributed by atoms with Gasteiger partial charge in [0, 0.05) is 12.4 Å². The van der Waals surface area contributed by atoms with Crippen molar-refractivity contribution in [3.63, 3.8) is 0 Å². The minimum absolute atomic E-state index is 0.261. The third-order valence-electron chi connectivity index (χ3n) is 2.69. The summed E-state index contributed by atoms with van der Waals surface area (Å²) in [5.41, 5.74) is 1.61. The van der Waals surface area contributed by atoms with Crippen LogP contribution in [0, 0.1) is 11.3 Å². The van der Waals surface area contributed by atoms with Crippen molar-refractivity contribution < 1.29 is 0 Å². The van der Waals surface area contributed by atoms with Crippen LogP contribution in [0.5, 0.6) is 0 Å². The average molecular weight is 179 g/mol. The lowest BCUT2D eigenvalue weighted by atomic mass is 9.88. The van der Waals surface area contributed by atoms with Crippen LogP contribution >= 0.6 is 0 Å². The van der Waals surface area contributed by atoms with E-state index in [1.54, 1.807) is 0 Å². The Kier molecular flexibility index (Phi) is 3.29. The van der Waals surface area contributed by atoms with Crippen LogP contribution in [0.1, 0.15) is 47.0 Å². The molecule has 1 nitrogen and oxygen atoms in total. The lowest BCUT2D eigenvalue weighted by Gasteiger charge is -2.18. The summed E-state index contributed by atoms with van der Waals surface area (Å²) in [5.74, 6) is 0.951. The number of hydrogen-bond acceptors (Lipinski definition) is 1. The molecular formula is C12H21N. The molecule has 0 aromatic carbocycles. The highest BCUT2D eigenvalue weighted by molar-refractivity contribution is 5.59. The summed E-state index contributed by atoms with van der Waals surface area (Å²) >= 11 is 0. The lowest BCUT2D eigenvalue weighted by molar-refractivity contribution is 0.502. The Morgan fingerprint density at radius 2 is 2.00 bits per heavy atom. The fourth-order valence-corrected chi connectivity index (χ4v) is 0.922. The van der Waals surface area contributed by atoms with E-state index in [0.29, 0.717) is 0 Å². The Labute approximate surface area is 82.0 Å². The summed E-state index contributed by atoms with van der Waals surface area (Å²) in [6.45, 7) is 8.80. The molecule has 0 spiro atoms. The molecule has 0 atom stereocenters. The van der Waals surface area contributed by atoms with E-state index in [1.807, 2.05) is 6.20 Å². The van der Waals surface area contributed by atoms with E-state index in [1.165, 1.54) is 24.8 Å². The van der Waals surface area contributed by atoms with Gasteiger partial charge in [0.15, 0.2) is 0 Å². The van der Waals surface area contributed by atoms with E-state index in [-0.39, 0.29) is 5.41 Å². The summed E-state index contributed by atoms with van der Waals surface area (Å²) in [5, 5.41) is 0. The molecule has 0 amide bonds. The molecule has 1 heteroatoms. The zero-order chi connectivity index (χ0) is 9.90. The highest BCUT2D eigenvalue weighted by atomic mass is 14.7. The molecule has 0 aromatic rings. The fourth-order valence-electron chi connectivity index (χ4n) is 0.922. The number of allylic oxidation sites excluding steroid dienone is 1. The minimum Gasteiger partial charge on any atom is -0.269 e. The molecule has 0 N–H and O–H groups in total. The molecule has 74 valence electrons. The zero-order valence-electron chi connectivity index (χ0n) is 9.30. The Hall–Kier alpha value is -0.590. The standard InChI is InChI=1S/C12H21N/c1-10(12(2,3)4)9-13-8-7-11-5-6-11/h8-9,11H,5-7H2,1-4H3/b10-9+,13-8?. The summed E-state index contributed by atoms with van der Waals surface area (Å²) < 4.78 is 0. The molecule has 13 heavy (non-hydrogen) atoms. The van der Waals surface area contributed by atoms with Crippen molar-refractivity contribution in [1.29, 1.82) is 0 Å². The third-order valence-corrected chi connectivity index (χ3v) is 2.69. The quantitative estimate of drug-likeness (QED) is 0.584. The Balaban J connectivity index is 2.32. The van der Waals surface area contributed by atoms with Crippen molar-refractivity contribution in [2.75, 3.05) is 0 Å². The molecule has 1 saturated carbocycles. The smallest absolute Gasteiger partial charge is 0.0258 e. The van der Waals surface area contributed by atoms with E-state index >= 15 is 0 Å². The SMILES string of the molecule is C/C(=C\N=CCC1CC1)C(C)(C)C. The van der Waals surface area contributed by atoms with Crippen LogP contribution in [0.15, 0.2) is 16.8 Å². The molecule has 1 rings (SSSR count). The van der Waals surface area contributed by atoms with E-state index < -0.39 is 0 Å². The normalized spacial score (nSPS) is 19.8. The Bertz CT molecular complexity index is 214. The first-order valence-corrected chi connectivity index (χ1v) is 5.19. The average Bonchev–Trinajstić information content (AvgIpc) is 2.79. The summed E-state index contributed by atoms with van der Waals surface area (Å²) in [6.07, 6.45) is 8.06. The maximum absolute atomic E-state index is 4.33. The van der Waals surface area contributed by atoms with Crippen molar-refractivity contribution in [2.45, 2.75) is 47.0 Å². The van der Waals surface area contributed by atoms with Gasteiger partial charge in [-0.2, -0.15) is 0 Å². The van der Waals surface area contributed by atoms with Gasteiger partial charge in [0.1, 0.15) is 0 Å². The molecule has 0 bridgehead atoms. The third kappa shape index (κ3) is 4.25. The summed E-state index contributed by atoms with van der Waals surface area (Å²) in [7, 11) is 0. The maximum atomic E-state index is 4.33. The molecule has 1 aliphatic carbocycles. The van der Waals surface area contributed by atoms with Crippen LogP contribution in [0.2, 0.25) is 0 Å². The van der Waals surface area contributed by atoms with Crippen LogP contribution in [0.25, 0.3) is 0 Å². The molecule has 0 unspecified atom stereocenters. The van der Waals surface area contributed by atoms with Gasteiger partial charge in [-0.05, 0) is 43.1 Å². The predicted molar refractivity (Wildman–Crippen MR) is 59.0 cm³/mol. The van der Waals surface area contributed by atoms with E-state index in [9.17, 15) is 0 Å². The van der Waals surface area contributed by atoms with Crippen molar-refractivity contribution in [3.8, 4) is 0 Å². The Morgan fingerprint density at radius 3 is 2.46 bits per heavy atom. The number of aliphatic imine (C=N–C) groups is 1. The van der Waals surface area contributed by atoms with Gasteiger partial charge in [0.05, 0.1) is 0 Å². The van der Waals surface area contributed by atoms with E-state index in [0.717, 1.165) is 5.92 Å². The van der Waals surface area contributed by atoms with Gasteiger partial charge in [-0.15, -0.1) is 0 Å². The van der Waals surface area contributed by atoms with Gasteiger partial charge < -0.3 is 0 Å². The van der Waals surface area contributed by atoms with Gasteiger partial charge in [-0.1, -0.05) is 20.8 Å². The van der Waals surface area contributed by atoms with Gasteiger partial charge >= 0.3 is 0 Å². The molecule has 1 fully saturated rings. The molecule has 0 saturated heterocycles. The molecule has 0 heterocycles. The van der Waals surface area contributed by atoms with Gasteiger partial charge in [-0.25, -0.2) is 0 Å². The highest BCUT2D eigenvalue weighted by Crippen LogP contribution is 2.31. The molecule has 0 aliphatic heterocycles. The molecule has 0 aromatic heterocycles. The second-order valence-corrected chi connectivity index (χ2v) is 5.07. The first kappa shape index (κ1) is 10.5. The highest BCUT2D eigenvalue weighted by Gasteiger charge is 2.19. The van der Waals surface area contributed by atoms with E-state index in [4.69, 9.17) is 0 Å². The number of rotatable bonds is 3. The Morgan fingerprint density at radius 1 is 1.38 bits per heavy atom. The predicted octanol–water partition coefficient (Wildman–Crippen LogP) is 3.81. The monoisotopic (exact) mass is 179 g/mol. The first-order valence-electron chi connectivity index (χ1n) is 5.19. The fraction of sp³-hybridized carbons (Fsp3) is 0.750. The second kappa shape index (κ2) is 4.08. The van der Waals surface area contributed by atoms with Crippen LogP contribution in [0.3, 0.4) is 0 Å². The summed E-state index contributed by atoms with van der Waals surface area (Å²) in [6, 6.07) is 0. The largest absolute Gasteiger partial charge is 0.269 e. The van der Waals surface area contributed by atoms with Crippen molar-refractivity contribution in [2.24, 2.45) is 16.3 Å². The van der Waals surface area contributed by atoms with Crippen LogP contribution in [-0.4, -0.2) is 6.21 Å². The molecular weight excluding hydrogens is 158 g/mol. The van der Waals surface area contributed by atoms with Crippen LogP contribution in [-0.2, 0) is 0 Å². The zero-order valence-corrected chi connectivity index (χ0v) is 9.30. The van der Waals surface area contributed by atoms with Crippen molar-refractivity contribution in [1.82, 2.24) is 0 Å². The maximum Gasteiger partial charge on any atom is 0.0258 e. The van der Waals surface area contributed by atoms with Gasteiger partial charge in [0.25, 0.3) is 0 Å².